The summed E-state index contributed by atoms with van der Waals surface area (Å²) in [5, 5.41) is 2.74. The monoisotopic (exact) mass is 340 g/mol. The number of nitrogens with one attached hydrogen (secondary N) is 1. The number of hydrogen-bond acceptors (Lipinski definition) is 4. The number of hydrogen-bond donors (Lipinski definition) is 1. The smallest absolute Gasteiger partial charge is 0.266 e. The summed E-state index contributed by atoms with van der Waals surface area (Å²) in [6.45, 7) is 5.34. The molecule has 4 unspecified atom stereocenters. The van der Waals surface area contributed by atoms with Crippen LogP contribution in [0.15, 0.2) is 23.0 Å². The quantitative estimate of drug-likeness (QED) is 0.812. The molecule has 7 heteroatoms. The van der Waals surface area contributed by atoms with Crippen molar-refractivity contribution in [2.75, 3.05) is 13.1 Å². The van der Waals surface area contributed by atoms with E-state index in [0.717, 1.165) is 30.0 Å². The summed E-state index contributed by atoms with van der Waals surface area (Å²) in [5.41, 5.74) is 2.95. The normalized spacial score (nSPS) is 29.8. The number of aryl methyl sites for hydroxylation is 2. The number of carbonyl (C=O) groups excluding carboxylic acids is 1. The fraction of sp³-hybridized carbons (Fsp3) is 0.500. The number of ether oxygens (including phenoxy) is 1. The van der Waals surface area contributed by atoms with Gasteiger partial charge in [0, 0.05) is 47.9 Å². The fourth-order valence-electron chi connectivity index (χ4n) is 4.61. The van der Waals surface area contributed by atoms with E-state index in [1.54, 1.807) is 4.52 Å². The number of carbonyl (C=O) groups is 1. The first-order valence-corrected chi connectivity index (χ1v) is 8.70. The van der Waals surface area contributed by atoms with Crippen LogP contribution in [0.4, 0.5) is 0 Å². The van der Waals surface area contributed by atoms with Crippen molar-refractivity contribution in [1.29, 1.82) is 0 Å². The zero-order valence-corrected chi connectivity index (χ0v) is 14.2. The number of likely N-dealkylation sites (tertiary alicyclic amines) is 1. The maximum atomic E-state index is 12.9. The van der Waals surface area contributed by atoms with Crippen LogP contribution in [-0.2, 0) is 16.0 Å². The molecule has 0 radical (unpaired) electrons. The largest absolute Gasteiger partial charge is 0.366 e. The molecule has 2 saturated heterocycles. The van der Waals surface area contributed by atoms with E-state index in [4.69, 9.17) is 4.74 Å². The SMILES string of the molecule is Cc1nc2cc(=O)[nH]n2c(C)c1CC(=O)N1CC2C3C=CC(O3)C2C1. The highest BCUT2D eigenvalue weighted by atomic mass is 16.5. The van der Waals surface area contributed by atoms with Gasteiger partial charge in [0.15, 0.2) is 5.65 Å². The van der Waals surface area contributed by atoms with Gasteiger partial charge in [-0.05, 0) is 13.8 Å². The van der Waals surface area contributed by atoms with Gasteiger partial charge in [-0.2, -0.15) is 0 Å². The van der Waals surface area contributed by atoms with Gasteiger partial charge in [0.1, 0.15) is 0 Å². The Bertz CT molecular complexity index is 953. The Hall–Kier alpha value is -2.41. The third kappa shape index (κ3) is 2.12. The molecule has 5 rings (SSSR count). The number of aromatic nitrogens is 3. The summed E-state index contributed by atoms with van der Waals surface area (Å²) in [7, 11) is 0. The van der Waals surface area contributed by atoms with Crippen molar-refractivity contribution in [2.24, 2.45) is 11.8 Å². The average molecular weight is 340 g/mol. The first-order chi connectivity index (χ1) is 12.0. The summed E-state index contributed by atoms with van der Waals surface area (Å²) >= 11 is 0. The lowest BCUT2D eigenvalue weighted by molar-refractivity contribution is -0.130. The van der Waals surface area contributed by atoms with Gasteiger partial charge in [0.25, 0.3) is 5.56 Å². The van der Waals surface area contributed by atoms with E-state index in [0.29, 0.717) is 23.9 Å². The molecule has 0 aromatic carbocycles. The highest BCUT2D eigenvalue weighted by Gasteiger charge is 2.51. The van der Waals surface area contributed by atoms with E-state index in [2.05, 4.69) is 22.2 Å². The van der Waals surface area contributed by atoms with Crippen LogP contribution in [-0.4, -0.2) is 50.7 Å². The predicted octanol–water partition coefficient (Wildman–Crippen LogP) is 0.594. The van der Waals surface area contributed by atoms with E-state index in [1.807, 2.05) is 18.7 Å². The molecule has 3 aliphatic heterocycles. The number of fused-ring (bicyclic) bond motifs is 6. The third-order valence-corrected chi connectivity index (χ3v) is 5.94. The molecule has 5 heterocycles. The van der Waals surface area contributed by atoms with Gasteiger partial charge in [-0.15, -0.1) is 0 Å². The number of nitrogens with zero attached hydrogens (tertiary/aromatic N) is 3. The summed E-state index contributed by atoms with van der Waals surface area (Å²) < 4.78 is 7.54. The molecule has 7 nitrogen and oxygen atoms in total. The fourth-order valence-corrected chi connectivity index (χ4v) is 4.61. The minimum absolute atomic E-state index is 0.121. The molecule has 2 fully saturated rings. The summed E-state index contributed by atoms with van der Waals surface area (Å²) in [6.07, 6.45) is 4.94. The predicted molar refractivity (Wildman–Crippen MR) is 90.4 cm³/mol. The Labute approximate surface area is 144 Å². The second-order valence-corrected chi connectivity index (χ2v) is 7.33. The van der Waals surface area contributed by atoms with Crippen LogP contribution in [0.2, 0.25) is 0 Å². The number of amides is 1. The van der Waals surface area contributed by atoms with Gasteiger partial charge in [0.2, 0.25) is 5.91 Å². The number of rotatable bonds is 2. The van der Waals surface area contributed by atoms with Crippen molar-refractivity contribution in [3.05, 3.63) is 45.5 Å². The molecule has 0 spiro atoms. The molecule has 0 saturated carbocycles. The molecule has 1 N–H and O–H groups in total. The van der Waals surface area contributed by atoms with Gasteiger partial charge < -0.3 is 9.64 Å². The van der Waals surface area contributed by atoms with Gasteiger partial charge in [0.05, 0.1) is 18.6 Å². The number of H-pyrrole nitrogens is 1. The van der Waals surface area contributed by atoms with Gasteiger partial charge in [-0.1, -0.05) is 12.2 Å². The van der Waals surface area contributed by atoms with Gasteiger partial charge in [-0.25, -0.2) is 9.50 Å². The van der Waals surface area contributed by atoms with Crippen LogP contribution < -0.4 is 5.56 Å². The molecule has 1 amide bonds. The second kappa shape index (κ2) is 5.05. The van der Waals surface area contributed by atoms with Crippen LogP contribution in [0.25, 0.3) is 5.65 Å². The highest BCUT2D eigenvalue weighted by Crippen LogP contribution is 2.43. The number of aromatic amines is 1. The minimum Gasteiger partial charge on any atom is -0.366 e. The molecule has 2 aromatic heterocycles. The standard InChI is InChI=1S/C18H20N4O3/c1-9-11(10(2)22-16(19-9)6-17(23)20-22)5-18(24)21-7-12-13(8-21)15-4-3-14(12)25-15/h3-4,6,12-15H,5,7-8H2,1-2H3,(H,20,23). The molecular formula is C18H20N4O3. The Morgan fingerprint density at radius 1 is 1.28 bits per heavy atom. The summed E-state index contributed by atoms with van der Waals surface area (Å²) in [6, 6.07) is 1.47. The van der Waals surface area contributed by atoms with Crippen molar-refractivity contribution in [1.82, 2.24) is 19.5 Å². The average Bonchev–Trinajstić information content (AvgIpc) is 3.30. The molecular weight excluding hydrogens is 320 g/mol. The minimum atomic E-state index is -0.186. The third-order valence-electron chi connectivity index (χ3n) is 5.94. The van der Waals surface area contributed by atoms with Crippen molar-refractivity contribution >= 4 is 11.6 Å². The van der Waals surface area contributed by atoms with Crippen molar-refractivity contribution < 1.29 is 9.53 Å². The Balaban J connectivity index is 1.40. The topological polar surface area (TPSA) is 79.7 Å². The van der Waals surface area contributed by atoms with Crippen LogP contribution in [0, 0.1) is 25.7 Å². The first-order valence-electron chi connectivity index (χ1n) is 8.70. The van der Waals surface area contributed by atoms with Crippen LogP contribution in [0.3, 0.4) is 0 Å². The first kappa shape index (κ1) is 14.9. The van der Waals surface area contributed by atoms with E-state index >= 15 is 0 Å². The van der Waals surface area contributed by atoms with Crippen LogP contribution in [0.1, 0.15) is 17.0 Å². The maximum absolute atomic E-state index is 12.9. The lowest BCUT2D eigenvalue weighted by atomic mass is 9.86. The lowest BCUT2D eigenvalue weighted by Crippen LogP contribution is -2.33. The second-order valence-electron chi connectivity index (χ2n) is 7.33. The maximum Gasteiger partial charge on any atom is 0.266 e. The molecule has 130 valence electrons. The Morgan fingerprint density at radius 2 is 1.96 bits per heavy atom. The summed E-state index contributed by atoms with van der Waals surface area (Å²) in [4.78, 5) is 30.9. The molecule has 4 atom stereocenters. The van der Waals surface area contributed by atoms with E-state index < -0.39 is 0 Å². The van der Waals surface area contributed by atoms with Gasteiger partial charge in [-0.3, -0.25) is 14.7 Å². The van der Waals surface area contributed by atoms with Crippen molar-refractivity contribution in [3.8, 4) is 0 Å². The van der Waals surface area contributed by atoms with Gasteiger partial charge >= 0.3 is 0 Å². The zero-order chi connectivity index (χ0) is 17.3. The van der Waals surface area contributed by atoms with Crippen molar-refractivity contribution in [2.45, 2.75) is 32.5 Å². The molecule has 2 bridgehead atoms. The lowest BCUT2D eigenvalue weighted by Gasteiger charge is -2.20. The zero-order valence-electron chi connectivity index (χ0n) is 14.2. The molecule has 2 aromatic rings. The Kier molecular flexibility index (Phi) is 3.01. The van der Waals surface area contributed by atoms with E-state index in [-0.39, 0.29) is 23.7 Å². The van der Waals surface area contributed by atoms with E-state index in [9.17, 15) is 9.59 Å². The van der Waals surface area contributed by atoms with E-state index in [1.165, 1.54) is 6.07 Å². The van der Waals surface area contributed by atoms with Crippen LogP contribution in [0.5, 0.6) is 0 Å². The molecule has 3 aliphatic rings. The molecule has 25 heavy (non-hydrogen) atoms. The Morgan fingerprint density at radius 3 is 2.64 bits per heavy atom. The summed E-state index contributed by atoms with van der Waals surface area (Å²) in [5.74, 6) is 0.987. The molecule has 0 aliphatic carbocycles. The van der Waals surface area contributed by atoms with Crippen molar-refractivity contribution in [3.63, 3.8) is 0 Å². The highest BCUT2D eigenvalue weighted by molar-refractivity contribution is 5.80. The van der Waals surface area contributed by atoms with Crippen LogP contribution >= 0.6 is 0 Å².